The third-order valence-corrected chi connectivity index (χ3v) is 6.59. The van der Waals surface area contributed by atoms with Gasteiger partial charge in [0, 0.05) is 0 Å². The van der Waals surface area contributed by atoms with Crippen molar-refractivity contribution in [3.8, 4) is 0 Å². The quantitative estimate of drug-likeness (QED) is 0.720. The topological polar surface area (TPSA) is 35.9 Å². The van der Waals surface area contributed by atoms with Gasteiger partial charge in [0.15, 0.2) is 0 Å². The van der Waals surface area contributed by atoms with Crippen molar-refractivity contribution in [1.82, 2.24) is 4.90 Å². The maximum Gasteiger partial charge on any atom is 0.240 e. The largest absolute Gasteiger partial charge is 0.293 e. The molecule has 28 heavy (non-hydrogen) atoms. The number of para-hydroxylation sites is 1. The number of piperidine rings is 1. The van der Waals surface area contributed by atoms with E-state index in [4.69, 9.17) is 4.99 Å². The van der Waals surface area contributed by atoms with E-state index in [0.29, 0.717) is 0 Å². The molecule has 1 saturated carbocycles. The van der Waals surface area contributed by atoms with E-state index in [2.05, 4.69) is 37.8 Å². The number of likely N-dealkylation sites (tertiary alicyclic amines) is 1. The van der Waals surface area contributed by atoms with Crippen molar-refractivity contribution in [2.75, 3.05) is 18.0 Å². The van der Waals surface area contributed by atoms with Crippen LogP contribution in [-0.2, 0) is 4.79 Å². The zero-order chi connectivity index (χ0) is 19.8. The first kappa shape index (κ1) is 19.6. The fraction of sp³-hybridized carbons (Fsp3) is 0.667. The van der Waals surface area contributed by atoms with Crippen LogP contribution in [0.3, 0.4) is 0 Å². The lowest BCUT2D eigenvalue weighted by molar-refractivity contribution is -0.130. The summed E-state index contributed by atoms with van der Waals surface area (Å²) in [5.41, 5.74) is 0.465. The summed E-state index contributed by atoms with van der Waals surface area (Å²) in [6.45, 7) is 8.61. The number of anilines is 1. The van der Waals surface area contributed by atoms with E-state index in [1.54, 1.807) is 0 Å². The van der Waals surface area contributed by atoms with Crippen LogP contribution >= 0.6 is 0 Å². The molecule has 0 bridgehead atoms. The molecule has 4 rings (SSSR count). The molecule has 1 atom stereocenters. The third-order valence-electron chi connectivity index (χ3n) is 6.59. The van der Waals surface area contributed by atoms with Gasteiger partial charge in [-0.1, -0.05) is 43.9 Å². The number of rotatable bonds is 2. The van der Waals surface area contributed by atoms with Crippen LogP contribution in [0.5, 0.6) is 0 Å². The lowest BCUT2D eigenvalue weighted by Gasteiger charge is -2.43. The standard InChI is InChI=1S/C24H35N3O/c1-23(2,3)25-21-20(26-17-11-6-12-18-26)24(15-9-5-10-16-24)22(28)27(21)19-13-7-4-8-14-19/h4,7-8,13-14,20H,5-6,9-12,15-18H2,1-3H3/t20-/m0/s1. The molecule has 4 nitrogen and oxygen atoms in total. The van der Waals surface area contributed by atoms with Gasteiger partial charge in [0.25, 0.3) is 0 Å². The highest BCUT2D eigenvalue weighted by Gasteiger charge is 2.60. The van der Waals surface area contributed by atoms with Crippen LogP contribution in [0.4, 0.5) is 5.69 Å². The van der Waals surface area contributed by atoms with Gasteiger partial charge in [-0.2, -0.15) is 0 Å². The molecule has 1 spiro atoms. The molecule has 3 fully saturated rings. The number of aliphatic imine (C=N–C) groups is 1. The van der Waals surface area contributed by atoms with Gasteiger partial charge >= 0.3 is 0 Å². The molecule has 3 aliphatic rings. The van der Waals surface area contributed by atoms with Crippen molar-refractivity contribution in [2.45, 2.75) is 83.7 Å². The van der Waals surface area contributed by atoms with Gasteiger partial charge in [0.2, 0.25) is 5.91 Å². The Morgan fingerprint density at radius 1 is 0.929 bits per heavy atom. The summed E-state index contributed by atoms with van der Waals surface area (Å²) in [6, 6.07) is 10.3. The summed E-state index contributed by atoms with van der Waals surface area (Å²) in [7, 11) is 0. The van der Waals surface area contributed by atoms with Crippen LogP contribution in [0, 0.1) is 5.41 Å². The van der Waals surface area contributed by atoms with Gasteiger partial charge in [-0.15, -0.1) is 0 Å². The minimum absolute atomic E-state index is 0.125. The molecule has 2 aliphatic heterocycles. The average Bonchev–Trinajstić information content (AvgIpc) is 2.90. The van der Waals surface area contributed by atoms with Crippen molar-refractivity contribution >= 4 is 17.4 Å². The van der Waals surface area contributed by atoms with Crippen molar-refractivity contribution in [3.05, 3.63) is 30.3 Å². The van der Waals surface area contributed by atoms with Gasteiger partial charge < -0.3 is 0 Å². The normalized spacial score (nSPS) is 27.7. The van der Waals surface area contributed by atoms with Crippen molar-refractivity contribution in [2.24, 2.45) is 10.4 Å². The Kier molecular flexibility index (Phi) is 5.34. The SMILES string of the molecule is CC(C)(C)N=C1[C@H](N2CCCCC2)C2(CCCCC2)C(=O)N1c1ccccc1. The fourth-order valence-electron chi connectivity index (χ4n) is 5.45. The minimum Gasteiger partial charge on any atom is -0.293 e. The van der Waals surface area contributed by atoms with Gasteiger partial charge in [-0.3, -0.25) is 19.6 Å². The molecule has 0 aromatic heterocycles. The number of carbonyl (C=O) groups excluding carboxylic acids is 1. The van der Waals surface area contributed by atoms with E-state index in [-0.39, 0.29) is 22.9 Å². The Bertz CT molecular complexity index is 722. The lowest BCUT2D eigenvalue weighted by atomic mass is 9.69. The molecule has 1 aromatic carbocycles. The van der Waals surface area contributed by atoms with Crippen LogP contribution in [0.2, 0.25) is 0 Å². The summed E-state index contributed by atoms with van der Waals surface area (Å²) in [5, 5.41) is 0. The van der Waals surface area contributed by atoms with Crippen molar-refractivity contribution in [3.63, 3.8) is 0 Å². The number of amidine groups is 1. The molecule has 1 aliphatic carbocycles. The molecule has 0 unspecified atom stereocenters. The molecule has 152 valence electrons. The van der Waals surface area contributed by atoms with Gasteiger partial charge in [-0.05, 0) is 71.7 Å². The molecular weight excluding hydrogens is 346 g/mol. The number of hydrogen-bond donors (Lipinski definition) is 0. The van der Waals surface area contributed by atoms with E-state index < -0.39 is 0 Å². The molecule has 0 N–H and O–H groups in total. The maximum absolute atomic E-state index is 14.1. The lowest BCUT2D eigenvalue weighted by Crippen LogP contribution is -2.53. The Balaban J connectivity index is 1.87. The van der Waals surface area contributed by atoms with Crippen LogP contribution in [0.1, 0.15) is 72.1 Å². The van der Waals surface area contributed by atoms with Crippen LogP contribution in [-0.4, -0.2) is 41.3 Å². The second kappa shape index (κ2) is 7.62. The zero-order valence-corrected chi connectivity index (χ0v) is 17.8. The van der Waals surface area contributed by atoms with Crippen LogP contribution in [0.25, 0.3) is 0 Å². The third kappa shape index (κ3) is 3.52. The van der Waals surface area contributed by atoms with E-state index in [1.165, 1.54) is 25.7 Å². The highest BCUT2D eigenvalue weighted by Crippen LogP contribution is 2.49. The fourth-order valence-corrected chi connectivity index (χ4v) is 5.45. The Morgan fingerprint density at radius 2 is 1.54 bits per heavy atom. The average molecular weight is 382 g/mol. The summed E-state index contributed by atoms with van der Waals surface area (Å²) in [5.74, 6) is 1.28. The molecule has 1 amide bonds. The predicted molar refractivity (Wildman–Crippen MR) is 116 cm³/mol. The summed E-state index contributed by atoms with van der Waals surface area (Å²) in [6.07, 6.45) is 9.32. The highest BCUT2D eigenvalue weighted by atomic mass is 16.2. The Hall–Kier alpha value is -1.68. The van der Waals surface area contributed by atoms with Crippen LogP contribution in [0.15, 0.2) is 35.3 Å². The Labute approximate surface area is 170 Å². The molecule has 2 heterocycles. The van der Waals surface area contributed by atoms with Gasteiger partial charge in [0.1, 0.15) is 5.84 Å². The highest BCUT2D eigenvalue weighted by molar-refractivity contribution is 6.27. The monoisotopic (exact) mass is 381 g/mol. The first-order valence-corrected chi connectivity index (χ1v) is 11.2. The number of hydrogen-bond acceptors (Lipinski definition) is 3. The second-order valence-corrected chi connectivity index (χ2v) is 9.83. The minimum atomic E-state index is -0.296. The van der Waals surface area contributed by atoms with Crippen molar-refractivity contribution in [1.29, 1.82) is 0 Å². The number of amides is 1. The van der Waals surface area contributed by atoms with E-state index in [0.717, 1.165) is 50.3 Å². The maximum atomic E-state index is 14.1. The first-order chi connectivity index (χ1) is 13.4. The Morgan fingerprint density at radius 3 is 2.14 bits per heavy atom. The van der Waals surface area contributed by atoms with Crippen molar-refractivity contribution < 1.29 is 4.79 Å². The van der Waals surface area contributed by atoms with Gasteiger partial charge in [0.05, 0.1) is 22.7 Å². The summed E-state index contributed by atoms with van der Waals surface area (Å²) >= 11 is 0. The van der Waals surface area contributed by atoms with E-state index in [9.17, 15) is 4.79 Å². The molecule has 4 heteroatoms. The molecule has 2 saturated heterocycles. The molecule has 1 aromatic rings. The summed E-state index contributed by atoms with van der Waals surface area (Å²) < 4.78 is 0. The van der Waals surface area contributed by atoms with E-state index >= 15 is 0 Å². The zero-order valence-electron chi connectivity index (χ0n) is 17.8. The van der Waals surface area contributed by atoms with Gasteiger partial charge in [-0.25, -0.2) is 0 Å². The van der Waals surface area contributed by atoms with E-state index in [1.807, 2.05) is 23.1 Å². The second-order valence-electron chi connectivity index (χ2n) is 9.83. The summed E-state index contributed by atoms with van der Waals surface area (Å²) in [4.78, 5) is 23.8. The smallest absolute Gasteiger partial charge is 0.240 e. The number of nitrogens with zero attached hydrogens (tertiary/aromatic N) is 3. The number of carbonyl (C=O) groups is 1. The molecular formula is C24H35N3O. The molecule has 0 radical (unpaired) electrons. The predicted octanol–water partition coefficient (Wildman–Crippen LogP) is 5.04. The first-order valence-electron chi connectivity index (χ1n) is 11.2. The number of benzene rings is 1. The van der Waals surface area contributed by atoms with Crippen LogP contribution < -0.4 is 4.90 Å².